The quantitative estimate of drug-likeness (QED) is 0.374. The van der Waals surface area contributed by atoms with E-state index in [4.69, 9.17) is 9.47 Å². The summed E-state index contributed by atoms with van der Waals surface area (Å²) in [6, 6.07) is 12.0. The second-order valence-corrected chi connectivity index (χ2v) is 7.03. The molecule has 0 radical (unpaired) electrons. The van der Waals surface area contributed by atoms with Crippen LogP contribution in [0.5, 0.6) is 5.75 Å². The summed E-state index contributed by atoms with van der Waals surface area (Å²) in [7, 11) is 1.31. The van der Waals surface area contributed by atoms with E-state index in [0.29, 0.717) is 11.3 Å². The van der Waals surface area contributed by atoms with E-state index in [1.165, 1.54) is 19.2 Å². The molecule has 1 N–H and O–H groups in total. The fourth-order valence-corrected chi connectivity index (χ4v) is 3.12. The molecule has 0 spiro atoms. The minimum absolute atomic E-state index is 0.0267. The lowest BCUT2D eigenvalue weighted by molar-refractivity contribution is -0.385. The number of methoxy groups -OCH3 is 1. The van der Waals surface area contributed by atoms with Gasteiger partial charge in [0.2, 0.25) is 0 Å². The van der Waals surface area contributed by atoms with Crippen LogP contribution in [-0.4, -0.2) is 30.5 Å². The van der Waals surface area contributed by atoms with Crippen LogP contribution < -0.4 is 10.1 Å². The summed E-state index contributed by atoms with van der Waals surface area (Å²) in [5.41, 5.74) is 1.48. The third kappa shape index (κ3) is 5.56. The van der Waals surface area contributed by atoms with Crippen molar-refractivity contribution in [3.8, 4) is 5.75 Å². The highest BCUT2D eigenvalue weighted by Gasteiger charge is 2.28. The van der Waals surface area contributed by atoms with E-state index in [2.05, 4.69) is 5.32 Å². The van der Waals surface area contributed by atoms with Gasteiger partial charge in [0.05, 0.1) is 18.0 Å². The fraction of sp³-hybridized carbons (Fsp3) is 0.364. The first-order valence-electron chi connectivity index (χ1n) is 9.62. The molecular formula is C22H26N2O6. The molecule has 0 saturated carbocycles. The Morgan fingerprint density at radius 2 is 1.87 bits per heavy atom. The van der Waals surface area contributed by atoms with Gasteiger partial charge in [-0.25, -0.2) is 0 Å². The first kappa shape index (κ1) is 22.9. The summed E-state index contributed by atoms with van der Waals surface area (Å²) < 4.78 is 10.3. The molecular weight excluding hydrogens is 388 g/mol. The minimum Gasteiger partial charge on any atom is -0.490 e. The highest BCUT2D eigenvalue weighted by molar-refractivity contribution is 5.94. The molecule has 0 unspecified atom stereocenters. The number of hydrogen-bond acceptors (Lipinski definition) is 6. The van der Waals surface area contributed by atoms with Crippen LogP contribution in [0.3, 0.4) is 0 Å². The van der Waals surface area contributed by atoms with Crippen molar-refractivity contribution in [1.29, 1.82) is 0 Å². The number of aryl methyl sites for hydroxylation is 1. The Balaban J connectivity index is 2.08. The highest BCUT2D eigenvalue weighted by atomic mass is 16.6. The average Bonchev–Trinajstić information content (AvgIpc) is 2.74. The minimum atomic E-state index is -0.558. The van der Waals surface area contributed by atoms with Gasteiger partial charge in [-0.15, -0.1) is 0 Å². The number of nitro benzene ring substituents is 1. The molecule has 8 nitrogen and oxygen atoms in total. The number of nitro groups is 1. The van der Waals surface area contributed by atoms with Crippen LogP contribution >= 0.6 is 0 Å². The van der Waals surface area contributed by atoms with Gasteiger partial charge in [0.1, 0.15) is 0 Å². The number of ether oxygens (including phenoxy) is 2. The van der Waals surface area contributed by atoms with Crippen LogP contribution in [0, 0.1) is 23.0 Å². The van der Waals surface area contributed by atoms with Gasteiger partial charge < -0.3 is 14.8 Å². The Hall–Kier alpha value is -3.42. The SMILES string of the molecule is CC[C@H](C)[C@H](C(=O)OCC(=O)Nc1cc(OC)c([N+](=O)[O-])cc1C)c1ccccc1. The van der Waals surface area contributed by atoms with Crippen molar-refractivity contribution >= 4 is 23.3 Å². The molecule has 0 aliphatic carbocycles. The van der Waals surface area contributed by atoms with Gasteiger partial charge >= 0.3 is 11.7 Å². The Labute approximate surface area is 175 Å². The molecule has 0 aromatic heterocycles. The monoisotopic (exact) mass is 414 g/mol. The van der Waals surface area contributed by atoms with E-state index >= 15 is 0 Å². The second-order valence-electron chi connectivity index (χ2n) is 7.03. The van der Waals surface area contributed by atoms with Crippen LogP contribution in [0.2, 0.25) is 0 Å². The Morgan fingerprint density at radius 3 is 2.43 bits per heavy atom. The van der Waals surface area contributed by atoms with Crippen LogP contribution in [0.25, 0.3) is 0 Å². The number of carbonyl (C=O) groups is 2. The molecule has 0 fully saturated rings. The summed E-state index contributed by atoms with van der Waals surface area (Å²) in [5, 5.41) is 13.7. The number of hydrogen-bond donors (Lipinski definition) is 1. The molecule has 1 amide bonds. The standard InChI is InChI=1S/C22H26N2O6/c1-5-14(2)21(16-9-7-6-8-10-16)22(26)30-13-20(25)23-17-12-19(29-4)18(24(27)28)11-15(17)3/h6-12,14,21H,5,13H2,1-4H3,(H,23,25)/t14-,21-/m0/s1. The molecule has 0 aliphatic heterocycles. The predicted octanol–water partition coefficient (Wildman–Crippen LogP) is 4.22. The van der Waals surface area contributed by atoms with Crippen molar-refractivity contribution in [2.75, 3.05) is 19.0 Å². The third-order valence-electron chi connectivity index (χ3n) is 4.97. The Morgan fingerprint density at radius 1 is 1.20 bits per heavy atom. The maximum atomic E-state index is 12.7. The number of anilines is 1. The molecule has 0 aliphatic rings. The Kier molecular flexibility index (Phi) is 7.91. The van der Waals surface area contributed by atoms with Crippen molar-refractivity contribution in [1.82, 2.24) is 0 Å². The number of carbonyl (C=O) groups excluding carboxylic acids is 2. The molecule has 2 rings (SSSR count). The molecule has 2 aromatic carbocycles. The highest BCUT2D eigenvalue weighted by Crippen LogP contribution is 2.33. The number of esters is 1. The van der Waals surface area contributed by atoms with E-state index < -0.39 is 29.3 Å². The number of amides is 1. The second kappa shape index (κ2) is 10.4. The summed E-state index contributed by atoms with van der Waals surface area (Å²) in [4.78, 5) is 35.5. The zero-order valence-corrected chi connectivity index (χ0v) is 17.5. The van der Waals surface area contributed by atoms with Crippen LogP contribution in [0.1, 0.15) is 37.3 Å². The number of benzene rings is 2. The Bertz CT molecular complexity index is 913. The zero-order chi connectivity index (χ0) is 22.3. The smallest absolute Gasteiger partial charge is 0.314 e. The molecule has 0 heterocycles. The van der Waals surface area contributed by atoms with Crippen molar-refractivity contribution in [3.63, 3.8) is 0 Å². The lowest BCUT2D eigenvalue weighted by Crippen LogP contribution is -2.27. The molecule has 8 heteroatoms. The maximum Gasteiger partial charge on any atom is 0.314 e. The normalized spacial score (nSPS) is 12.5. The predicted molar refractivity (Wildman–Crippen MR) is 113 cm³/mol. The first-order chi connectivity index (χ1) is 14.3. The topological polar surface area (TPSA) is 108 Å². The van der Waals surface area contributed by atoms with Gasteiger partial charge in [-0.05, 0) is 24.0 Å². The zero-order valence-electron chi connectivity index (χ0n) is 17.5. The van der Waals surface area contributed by atoms with E-state index in [1.807, 2.05) is 44.2 Å². The molecule has 30 heavy (non-hydrogen) atoms. The van der Waals surface area contributed by atoms with Crippen LogP contribution in [0.15, 0.2) is 42.5 Å². The maximum absolute atomic E-state index is 12.7. The largest absolute Gasteiger partial charge is 0.490 e. The van der Waals surface area contributed by atoms with Crippen molar-refractivity contribution in [2.24, 2.45) is 5.92 Å². The lowest BCUT2D eigenvalue weighted by Gasteiger charge is -2.21. The molecule has 0 saturated heterocycles. The lowest BCUT2D eigenvalue weighted by atomic mass is 9.86. The molecule has 2 aromatic rings. The van der Waals surface area contributed by atoms with Gasteiger partial charge in [0.25, 0.3) is 5.91 Å². The summed E-state index contributed by atoms with van der Waals surface area (Å²) >= 11 is 0. The number of rotatable bonds is 9. The van der Waals surface area contributed by atoms with Crippen molar-refractivity contribution in [2.45, 2.75) is 33.1 Å². The third-order valence-corrected chi connectivity index (χ3v) is 4.97. The number of nitrogens with zero attached hydrogens (tertiary/aromatic N) is 1. The molecule has 160 valence electrons. The van der Waals surface area contributed by atoms with Crippen LogP contribution in [-0.2, 0) is 14.3 Å². The summed E-state index contributed by atoms with van der Waals surface area (Å²) in [6.07, 6.45) is 0.780. The van der Waals surface area contributed by atoms with Crippen molar-refractivity contribution < 1.29 is 24.0 Å². The average molecular weight is 414 g/mol. The van der Waals surface area contributed by atoms with Gasteiger partial charge in [-0.3, -0.25) is 19.7 Å². The molecule has 0 bridgehead atoms. The first-order valence-corrected chi connectivity index (χ1v) is 9.62. The summed E-state index contributed by atoms with van der Waals surface area (Å²) in [5.74, 6) is -1.41. The van der Waals surface area contributed by atoms with Gasteiger partial charge in [-0.2, -0.15) is 0 Å². The van der Waals surface area contributed by atoms with Gasteiger partial charge in [0.15, 0.2) is 12.4 Å². The summed E-state index contributed by atoms with van der Waals surface area (Å²) in [6.45, 7) is 5.12. The van der Waals surface area contributed by atoms with E-state index in [1.54, 1.807) is 6.92 Å². The van der Waals surface area contributed by atoms with Gasteiger partial charge in [0, 0.05) is 17.8 Å². The van der Waals surface area contributed by atoms with E-state index in [9.17, 15) is 19.7 Å². The van der Waals surface area contributed by atoms with E-state index in [-0.39, 0.29) is 17.4 Å². The van der Waals surface area contributed by atoms with Crippen molar-refractivity contribution in [3.05, 3.63) is 63.7 Å². The van der Waals surface area contributed by atoms with Crippen LogP contribution in [0.4, 0.5) is 11.4 Å². The van der Waals surface area contributed by atoms with E-state index in [0.717, 1.165) is 12.0 Å². The van der Waals surface area contributed by atoms with Gasteiger partial charge in [-0.1, -0.05) is 50.6 Å². The number of nitrogens with one attached hydrogen (secondary N) is 1. The molecule has 2 atom stereocenters. The fourth-order valence-electron chi connectivity index (χ4n) is 3.12.